The fourth-order valence-electron chi connectivity index (χ4n) is 4.88. The quantitative estimate of drug-likeness (QED) is 0.619. The van der Waals surface area contributed by atoms with Crippen LogP contribution in [0.25, 0.3) is 20.4 Å². The molecular formula is C21H26N6O2S. The van der Waals surface area contributed by atoms with E-state index < -0.39 is 0 Å². The van der Waals surface area contributed by atoms with Gasteiger partial charge in [-0.05, 0) is 37.5 Å². The molecular weight excluding hydrogens is 400 g/mol. The second kappa shape index (κ2) is 6.96. The Kier molecular flexibility index (Phi) is 4.33. The Morgan fingerprint density at radius 3 is 2.50 bits per heavy atom. The Bertz CT molecular complexity index is 1120. The maximum atomic E-state index is 6.21. The minimum absolute atomic E-state index is 0.212. The third-order valence-electron chi connectivity index (χ3n) is 6.42. The van der Waals surface area contributed by atoms with Crippen LogP contribution in [0.2, 0.25) is 0 Å². The van der Waals surface area contributed by atoms with Crippen molar-refractivity contribution in [2.75, 3.05) is 49.2 Å². The predicted molar refractivity (Wildman–Crippen MR) is 118 cm³/mol. The SMILES string of the molecule is CC1(C)Cc2c(c(N3CCOCC3)nc3sc4c(N5CCCC5)nnnc4c23)CO1. The van der Waals surface area contributed by atoms with Crippen molar-refractivity contribution < 1.29 is 9.47 Å². The van der Waals surface area contributed by atoms with Gasteiger partial charge in [0.1, 0.15) is 20.9 Å². The van der Waals surface area contributed by atoms with Gasteiger partial charge in [0, 0.05) is 43.5 Å². The summed E-state index contributed by atoms with van der Waals surface area (Å²) in [5, 5.41) is 14.2. The van der Waals surface area contributed by atoms with Crippen LogP contribution in [0.5, 0.6) is 0 Å². The van der Waals surface area contributed by atoms with E-state index in [0.29, 0.717) is 6.61 Å². The number of anilines is 2. The van der Waals surface area contributed by atoms with Crippen LogP contribution in [0, 0.1) is 0 Å². The molecule has 0 aromatic carbocycles. The second-order valence-electron chi connectivity index (χ2n) is 8.98. The van der Waals surface area contributed by atoms with Crippen LogP contribution in [-0.4, -0.2) is 65.4 Å². The third kappa shape index (κ3) is 2.94. The smallest absolute Gasteiger partial charge is 0.172 e. The summed E-state index contributed by atoms with van der Waals surface area (Å²) in [6, 6.07) is 0. The van der Waals surface area contributed by atoms with Crippen molar-refractivity contribution in [3.05, 3.63) is 11.1 Å². The lowest BCUT2D eigenvalue weighted by molar-refractivity contribution is -0.0396. The molecule has 0 radical (unpaired) electrons. The molecule has 0 aliphatic carbocycles. The van der Waals surface area contributed by atoms with E-state index in [-0.39, 0.29) is 5.60 Å². The molecule has 2 fully saturated rings. The van der Waals surface area contributed by atoms with Gasteiger partial charge in [-0.1, -0.05) is 0 Å². The standard InChI is InChI=1S/C21H26N6O2S/c1-21(2)11-13-14(12-29-21)18(27-7-9-28-10-8-27)22-20-15(13)16-17(30-20)19(24-25-23-16)26-5-3-4-6-26/h3-12H2,1-2H3. The number of hydrogen-bond donors (Lipinski definition) is 0. The van der Waals surface area contributed by atoms with Gasteiger partial charge < -0.3 is 19.3 Å². The first-order valence-corrected chi connectivity index (χ1v) is 11.6. The van der Waals surface area contributed by atoms with E-state index in [9.17, 15) is 0 Å². The summed E-state index contributed by atoms with van der Waals surface area (Å²) < 4.78 is 12.9. The molecule has 0 spiro atoms. The normalized spacial score (nSPS) is 21.5. The highest BCUT2D eigenvalue weighted by Gasteiger charge is 2.34. The minimum atomic E-state index is -0.212. The summed E-state index contributed by atoms with van der Waals surface area (Å²) in [5.41, 5.74) is 3.25. The van der Waals surface area contributed by atoms with Gasteiger partial charge in [-0.3, -0.25) is 0 Å². The number of ether oxygens (including phenoxy) is 2. The van der Waals surface area contributed by atoms with Gasteiger partial charge in [0.2, 0.25) is 0 Å². The summed E-state index contributed by atoms with van der Waals surface area (Å²) >= 11 is 1.71. The lowest BCUT2D eigenvalue weighted by Crippen LogP contribution is -2.39. The van der Waals surface area contributed by atoms with Crippen LogP contribution in [0.15, 0.2) is 0 Å². The number of thiophene rings is 1. The van der Waals surface area contributed by atoms with Gasteiger partial charge in [-0.2, -0.15) is 0 Å². The van der Waals surface area contributed by atoms with Crippen LogP contribution in [0.1, 0.15) is 37.8 Å². The Morgan fingerprint density at radius 1 is 0.933 bits per heavy atom. The van der Waals surface area contributed by atoms with Crippen LogP contribution < -0.4 is 9.80 Å². The minimum Gasteiger partial charge on any atom is -0.378 e. The van der Waals surface area contributed by atoms with E-state index in [1.165, 1.54) is 24.0 Å². The van der Waals surface area contributed by atoms with Crippen molar-refractivity contribution >= 4 is 43.4 Å². The van der Waals surface area contributed by atoms with E-state index >= 15 is 0 Å². The van der Waals surface area contributed by atoms with E-state index in [2.05, 4.69) is 39.1 Å². The molecule has 9 heteroatoms. The topological polar surface area (TPSA) is 76.5 Å². The Morgan fingerprint density at radius 2 is 1.70 bits per heavy atom. The zero-order chi connectivity index (χ0) is 20.3. The number of aromatic nitrogens is 4. The van der Waals surface area contributed by atoms with Crippen LogP contribution in [0.4, 0.5) is 11.6 Å². The Hall–Kier alpha value is -2.10. The molecule has 0 unspecified atom stereocenters. The first-order valence-electron chi connectivity index (χ1n) is 10.8. The summed E-state index contributed by atoms with van der Waals surface area (Å²) in [4.78, 5) is 10.9. The lowest BCUT2D eigenvalue weighted by Gasteiger charge is -2.36. The molecule has 6 rings (SSSR count). The van der Waals surface area contributed by atoms with Crippen LogP contribution in [0.3, 0.4) is 0 Å². The zero-order valence-electron chi connectivity index (χ0n) is 17.5. The first kappa shape index (κ1) is 18.7. The Balaban J connectivity index is 1.61. The van der Waals surface area contributed by atoms with Crippen LogP contribution in [-0.2, 0) is 22.5 Å². The van der Waals surface area contributed by atoms with Gasteiger partial charge in [0.25, 0.3) is 0 Å². The molecule has 3 aliphatic rings. The molecule has 0 N–H and O–H groups in total. The largest absolute Gasteiger partial charge is 0.378 e. The highest BCUT2D eigenvalue weighted by molar-refractivity contribution is 7.26. The average Bonchev–Trinajstić information content (AvgIpc) is 3.41. The molecule has 0 atom stereocenters. The number of rotatable bonds is 2. The summed E-state index contributed by atoms with van der Waals surface area (Å²) in [5.74, 6) is 2.01. The third-order valence-corrected chi connectivity index (χ3v) is 7.49. The number of pyridine rings is 1. The summed E-state index contributed by atoms with van der Waals surface area (Å²) in [6.07, 6.45) is 3.25. The van der Waals surface area contributed by atoms with E-state index in [1.807, 2.05) is 0 Å². The molecule has 158 valence electrons. The molecule has 2 saturated heterocycles. The lowest BCUT2D eigenvalue weighted by atomic mass is 9.90. The van der Waals surface area contributed by atoms with Crippen molar-refractivity contribution in [3.8, 4) is 0 Å². The monoisotopic (exact) mass is 426 g/mol. The van der Waals surface area contributed by atoms with Crippen molar-refractivity contribution in [1.29, 1.82) is 0 Å². The summed E-state index contributed by atoms with van der Waals surface area (Å²) in [6.45, 7) is 10.2. The van der Waals surface area contributed by atoms with E-state index in [1.54, 1.807) is 11.3 Å². The number of nitrogens with zero attached hydrogens (tertiary/aromatic N) is 6. The predicted octanol–water partition coefficient (Wildman–Crippen LogP) is 2.92. The molecule has 0 saturated carbocycles. The fraction of sp³-hybridized carbons (Fsp3) is 0.619. The highest BCUT2D eigenvalue weighted by atomic mass is 32.1. The van der Waals surface area contributed by atoms with Gasteiger partial charge in [0.05, 0.1) is 25.4 Å². The van der Waals surface area contributed by atoms with Crippen molar-refractivity contribution in [2.45, 2.75) is 45.3 Å². The zero-order valence-corrected chi connectivity index (χ0v) is 18.3. The number of hydrogen-bond acceptors (Lipinski definition) is 9. The molecule has 30 heavy (non-hydrogen) atoms. The molecule has 3 aromatic rings. The Labute approximate surface area is 179 Å². The maximum Gasteiger partial charge on any atom is 0.172 e. The van der Waals surface area contributed by atoms with Gasteiger partial charge in [-0.25, -0.2) is 4.98 Å². The molecule has 6 heterocycles. The van der Waals surface area contributed by atoms with Crippen molar-refractivity contribution in [1.82, 2.24) is 20.4 Å². The van der Waals surface area contributed by atoms with E-state index in [0.717, 1.165) is 77.9 Å². The summed E-state index contributed by atoms with van der Waals surface area (Å²) in [7, 11) is 0. The molecule has 3 aromatic heterocycles. The van der Waals surface area contributed by atoms with Gasteiger partial charge in [0.15, 0.2) is 5.82 Å². The number of fused-ring (bicyclic) bond motifs is 5. The molecule has 3 aliphatic heterocycles. The van der Waals surface area contributed by atoms with Crippen molar-refractivity contribution in [3.63, 3.8) is 0 Å². The van der Waals surface area contributed by atoms with Gasteiger partial charge in [-0.15, -0.1) is 21.5 Å². The average molecular weight is 427 g/mol. The molecule has 0 amide bonds. The van der Waals surface area contributed by atoms with Crippen molar-refractivity contribution in [2.24, 2.45) is 0 Å². The van der Waals surface area contributed by atoms with Crippen LogP contribution >= 0.6 is 11.3 Å². The van der Waals surface area contributed by atoms with E-state index in [4.69, 9.17) is 14.5 Å². The molecule has 0 bridgehead atoms. The number of morpholine rings is 1. The van der Waals surface area contributed by atoms with Gasteiger partial charge >= 0.3 is 0 Å². The fourth-order valence-corrected chi connectivity index (χ4v) is 6.02. The maximum absolute atomic E-state index is 6.21. The molecule has 8 nitrogen and oxygen atoms in total. The highest BCUT2D eigenvalue weighted by Crippen LogP contribution is 2.44. The first-order chi connectivity index (χ1) is 14.6. The second-order valence-corrected chi connectivity index (χ2v) is 9.98.